The first-order chi connectivity index (χ1) is 21.3. The number of aromatic hydroxyl groups is 1. The lowest BCUT2D eigenvalue weighted by atomic mass is 9.34. The number of carbonyl (C=O) groups excluding carboxylic acids is 1. The Balaban J connectivity index is 0.000000420. The maximum Gasteiger partial charge on any atom is 0.430 e. The molecule has 1 N–H and O–H groups in total. The van der Waals surface area contributed by atoms with Crippen molar-refractivity contribution >= 4 is 5.97 Å². The molecule has 2 aliphatic heterocycles. The highest BCUT2D eigenvalue weighted by molar-refractivity contribution is 5.70. The number of rotatable bonds is 7. The van der Waals surface area contributed by atoms with E-state index in [4.69, 9.17) is 24.1 Å². The second-order valence-electron chi connectivity index (χ2n) is 14.3. The SMILES string of the molecule is CO[C@]12CC[C@@]3(C[C@@H]1COCc1ccccc1F)[C@H]1Cc4ccc(O)c5c4[C@@]3(CC[N+]1(C)CC1CC1)[C@H]2O5.O=C([O-])C(F)(F)F. The summed E-state index contributed by atoms with van der Waals surface area (Å²) in [6.45, 7) is 3.22. The number of nitrogens with zero attached hydrogens (tertiary/aromatic N) is 1. The first-order valence-corrected chi connectivity index (χ1v) is 15.8. The Hall–Kier alpha value is -2.89. The third-order valence-corrected chi connectivity index (χ3v) is 12.3. The summed E-state index contributed by atoms with van der Waals surface area (Å²) in [6, 6.07) is 11.4. The van der Waals surface area contributed by atoms with E-state index in [1.807, 2.05) is 19.2 Å². The molecule has 2 spiro atoms. The van der Waals surface area contributed by atoms with Gasteiger partial charge in [0, 0.05) is 48.3 Å². The number of carboxylic acid groups (broad SMARTS) is 1. The van der Waals surface area contributed by atoms with Gasteiger partial charge in [0.25, 0.3) is 0 Å². The third kappa shape index (κ3) is 4.36. The van der Waals surface area contributed by atoms with Crippen LogP contribution >= 0.6 is 0 Å². The number of phenols is 1. The Morgan fingerprint density at radius 2 is 1.89 bits per heavy atom. The monoisotopic (exact) mass is 633 g/mol. The van der Waals surface area contributed by atoms with Crippen molar-refractivity contribution in [3.8, 4) is 11.5 Å². The Morgan fingerprint density at radius 1 is 1.16 bits per heavy atom. The zero-order valence-electron chi connectivity index (χ0n) is 25.5. The van der Waals surface area contributed by atoms with Gasteiger partial charge >= 0.3 is 6.18 Å². The molecule has 9 rings (SSSR count). The number of hydrogen-bond acceptors (Lipinski definition) is 6. The number of aliphatic carboxylic acids is 1. The van der Waals surface area contributed by atoms with Crippen LogP contribution in [-0.2, 0) is 32.7 Å². The number of carboxylic acids is 1. The first kappa shape index (κ1) is 30.7. The normalized spacial score (nSPS) is 36.9. The molecular weight excluding hydrogens is 594 g/mol. The van der Waals surface area contributed by atoms with Crippen LogP contribution in [0, 0.1) is 23.1 Å². The summed E-state index contributed by atoms with van der Waals surface area (Å²) in [7, 11) is 4.36. The minimum atomic E-state index is -5.19. The Bertz CT molecular complexity index is 1510. The predicted molar refractivity (Wildman–Crippen MR) is 152 cm³/mol. The lowest BCUT2D eigenvalue weighted by molar-refractivity contribution is -0.952. The summed E-state index contributed by atoms with van der Waals surface area (Å²) in [5, 5.41) is 19.8. The van der Waals surface area contributed by atoms with E-state index in [9.17, 15) is 22.7 Å². The number of alkyl halides is 3. The van der Waals surface area contributed by atoms with E-state index in [0.29, 0.717) is 24.0 Å². The first-order valence-electron chi connectivity index (χ1n) is 15.8. The van der Waals surface area contributed by atoms with Gasteiger partial charge in [0.1, 0.15) is 23.5 Å². The number of hydrogen-bond donors (Lipinski definition) is 1. The zero-order chi connectivity index (χ0) is 32.0. The molecule has 2 aromatic carbocycles. The van der Waals surface area contributed by atoms with Gasteiger partial charge in [-0.1, -0.05) is 24.3 Å². The molecule has 244 valence electrons. The molecule has 0 aromatic heterocycles. The molecule has 5 fully saturated rings. The van der Waals surface area contributed by atoms with Crippen molar-refractivity contribution in [2.75, 3.05) is 33.9 Å². The summed E-state index contributed by atoms with van der Waals surface area (Å²) in [5.41, 5.74) is 2.73. The molecule has 4 saturated carbocycles. The maximum atomic E-state index is 14.3. The van der Waals surface area contributed by atoms with E-state index < -0.39 is 17.7 Å². The van der Waals surface area contributed by atoms with Crippen LogP contribution in [0.1, 0.15) is 55.2 Å². The molecule has 1 saturated heterocycles. The van der Waals surface area contributed by atoms with E-state index >= 15 is 0 Å². The number of ether oxygens (including phenoxy) is 3. The molecule has 4 bridgehead atoms. The Kier molecular flexibility index (Phi) is 7.04. The van der Waals surface area contributed by atoms with Crippen LogP contribution in [0.3, 0.4) is 0 Å². The molecule has 5 aliphatic carbocycles. The van der Waals surface area contributed by atoms with E-state index in [2.05, 4.69) is 13.1 Å². The minimum Gasteiger partial charge on any atom is -0.542 e. The van der Waals surface area contributed by atoms with Crippen LogP contribution in [-0.4, -0.2) is 73.3 Å². The van der Waals surface area contributed by atoms with Crippen LogP contribution in [0.15, 0.2) is 36.4 Å². The van der Waals surface area contributed by atoms with Crippen LogP contribution in [0.25, 0.3) is 0 Å². The smallest absolute Gasteiger partial charge is 0.430 e. The van der Waals surface area contributed by atoms with Crippen molar-refractivity contribution in [1.29, 1.82) is 0 Å². The fraction of sp³-hybridized carbons (Fsp3) is 0.618. The summed E-state index contributed by atoms with van der Waals surface area (Å²) in [5.74, 6) is -1.23. The van der Waals surface area contributed by atoms with Gasteiger partial charge in [0.15, 0.2) is 11.5 Å². The standard InChI is InChI=1S/C32H38FNO4.C2HF3O2/c1-34(17-20-7-8-20)14-13-31-27-21-9-10-25(35)28(27)38-29(31)32(36-2)12-11-30(31,26(34)15-21)16-23(32)19-37-18-22-5-3-4-6-24(22)33;3-2(4,5)1(6)7/h3-6,9-10,20,23,26,29H,7-8,11-19H2,1-2H3;(H,6,7)/t23-,26-,29-,30-,31+,32-,34?;/m1./s1. The van der Waals surface area contributed by atoms with Crippen LogP contribution in [0.2, 0.25) is 0 Å². The average Bonchev–Trinajstić information content (AvgIpc) is 3.73. The van der Waals surface area contributed by atoms with Gasteiger partial charge in [-0.25, -0.2) is 4.39 Å². The molecular formula is C34H39F4NO6. The largest absolute Gasteiger partial charge is 0.542 e. The fourth-order valence-corrected chi connectivity index (χ4v) is 10.4. The van der Waals surface area contributed by atoms with Crippen LogP contribution < -0.4 is 9.84 Å². The number of likely N-dealkylation sites (tertiary alicyclic amines) is 1. The topological polar surface area (TPSA) is 88.1 Å². The average molecular weight is 634 g/mol. The van der Waals surface area contributed by atoms with Gasteiger partial charge in [-0.15, -0.1) is 0 Å². The maximum absolute atomic E-state index is 14.3. The molecule has 2 aromatic rings. The molecule has 0 radical (unpaired) electrons. The second kappa shape index (κ2) is 10.3. The molecule has 45 heavy (non-hydrogen) atoms. The zero-order valence-corrected chi connectivity index (χ0v) is 25.5. The number of likely N-dealkylation sites (N-methyl/N-ethyl adjacent to an activating group) is 1. The molecule has 11 heteroatoms. The van der Waals surface area contributed by atoms with Crippen molar-refractivity contribution in [3.05, 3.63) is 58.9 Å². The van der Waals surface area contributed by atoms with Crippen molar-refractivity contribution in [3.63, 3.8) is 0 Å². The third-order valence-electron chi connectivity index (χ3n) is 12.3. The van der Waals surface area contributed by atoms with Gasteiger partial charge < -0.3 is 33.7 Å². The quantitative estimate of drug-likeness (QED) is 0.359. The van der Waals surface area contributed by atoms with Gasteiger partial charge in [-0.2, -0.15) is 13.2 Å². The fourth-order valence-electron chi connectivity index (χ4n) is 10.4. The van der Waals surface area contributed by atoms with E-state index in [1.54, 1.807) is 12.1 Å². The van der Waals surface area contributed by atoms with Crippen molar-refractivity contribution in [2.24, 2.45) is 17.3 Å². The number of fused-ring (bicyclic) bond motifs is 2. The summed E-state index contributed by atoms with van der Waals surface area (Å²) in [6.07, 6.45) is 2.65. The number of methoxy groups -OCH3 is 1. The van der Waals surface area contributed by atoms with E-state index in [-0.39, 0.29) is 41.0 Å². The van der Waals surface area contributed by atoms with Crippen molar-refractivity contribution < 1.29 is 51.3 Å². The molecule has 1 unspecified atom stereocenters. The molecule has 7 atom stereocenters. The highest BCUT2D eigenvalue weighted by Gasteiger charge is 2.83. The highest BCUT2D eigenvalue weighted by atomic mass is 19.4. The number of carbonyl (C=O) groups is 1. The molecule has 0 amide bonds. The van der Waals surface area contributed by atoms with Gasteiger partial charge in [-0.3, -0.25) is 0 Å². The minimum absolute atomic E-state index is 0.0813. The number of piperidine rings is 1. The number of halogens is 4. The van der Waals surface area contributed by atoms with Gasteiger partial charge in [-0.05, 0) is 49.8 Å². The van der Waals surface area contributed by atoms with Crippen molar-refractivity contribution in [1.82, 2.24) is 0 Å². The highest BCUT2D eigenvalue weighted by Crippen LogP contribution is 2.77. The lowest BCUT2D eigenvalue weighted by Crippen LogP contribution is -2.83. The predicted octanol–water partition coefficient (Wildman–Crippen LogP) is 4.42. The number of benzene rings is 2. The van der Waals surface area contributed by atoms with Crippen LogP contribution in [0.5, 0.6) is 11.5 Å². The summed E-state index contributed by atoms with van der Waals surface area (Å²) >= 11 is 0. The van der Waals surface area contributed by atoms with Gasteiger partial charge in [0.2, 0.25) is 0 Å². The van der Waals surface area contributed by atoms with E-state index in [0.717, 1.165) is 49.0 Å². The summed E-state index contributed by atoms with van der Waals surface area (Å²) in [4.78, 5) is 8.78. The van der Waals surface area contributed by atoms with Gasteiger partial charge in [0.05, 0.1) is 44.8 Å². The van der Waals surface area contributed by atoms with Crippen molar-refractivity contribution in [2.45, 2.75) is 80.9 Å². The molecule has 2 heterocycles. The second-order valence-corrected chi connectivity index (χ2v) is 14.3. The van der Waals surface area contributed by atoms with Crippen LogP contribution in [0.4, 0.5) is 17.6 Å². The Labute approximate surface area is 259 Å². The Morgan fingerprint density at radius 3 is 2.56 bits per heavy atom. The number of quaternary nitrogens is 1. The summed E-state index contributed by atoms with van der Waals surface area (Å²) < 4.78 is 66.8. The van der Waals surface area contributed by atoms with E-state index in [1.165, 1.54) is 36.6 Å². The lowest BCUT2D eigenvalue weighted by Gasteiger charge is -2.74. The molecule has 7 aliphatic rings. The molecule has 7 nitrogen and oxygen atoms in total. The number of phenolic OH excluding ortho intramolecular Hbond substituents is 1.